The normalized spacial score (nSPS) is 29.8. The minimum atomic E-state index is 0.767. The molecule has 0 amide bonds. The average molecular weight is 240 g/mol. The van der Waals surface area contributed by atoms with Gasteiger partial charge in [-0.15, -0.1) is 0 Å². The number of hydrogen-bond donors (Lipinski definition) is 1. The van der Waals surface area contributed by atoms with Crippen LogP contribution in [0.25, 0.3) is 0 Å². The Morgan fingerprint density at radius 3 is 2.29 bits per heavy atom. The molecule has 1 aliphatic rings. The van der Waals surface area contributed by atoms with Gasteiger partial charge in [-0.1, -0.05) is 34.1 Å². The highest BCUT2D eigenvalue weighted by Crippen LogP contribution is 2.31. The molecule has 0 heterocycles. The summed E-state index contributed by atoms with van der Waals surface area (Å²) in [6.07, 6.45) is 5.62. The van der Waals surface area contributed by atoms with Gasteiger partial charge < -0.3 is 10.2 Å². The molecule has 1 aliphatic carbocycles. The van der Waals surface area contributed by atoms with Crippen LogP contribution in [-0.4, -0.2) is 37.1 Å². The zero-order valence-electron chi connectivity index (χ0n) is 12.3. The maximum atomic E-state index is 3.71. The zero-order valence-corrected chi connectivity index (χ0v) is 12.3. The lowest BCUT2D eigenvalue weighted by Gasteiger charge is -2.39. The topological polar surface area (TPSA) is 15.3 Å². The van der Waals surface area contributed by atoms with E-state index in [-0.39, 0.29) is 0 Å². The second kappa shape index (κ2) is 8.10. The fourth-order valence-electron chi connectivity index (χ4n) is 3.28. The third-order valence-electron chi connectivity index (χ3n) is 4.52. The van der Waals surface area contributed by atoms with E-state index in [9.17, 15) is 0 Å². The Morgan fingerprint density at radius 1 is 1.06 bits per heavy atom. The van der Waals surface area contributed by atoms with Crippen LogP contribution < -0.4 is 5.32 Å². The van der Waals surface area contributed by atoms with E-state index >= 15 is 0 Å². The van der Waals surface area contributed by atoms with Gasteiger partial charge >= 0.3 is 0 Å². The van der Waals surface area contributed by atoms with E-state index in [2.05, 4.69) is 37.9 Å². The quantitative estimate of drug-likeness (QED) is 0.735. The van der Waals surface area contributed by atoms with Crippen molar-refractivity contribution in [3.8, 4) is 0 Å². The van der Waals surface area contributed by atoms with Gasteiger partial charge in [0.25, 0.3) is 0 Å². The predicted octanol–water partition coefficient (Wildman–Crippen LogP) is 3.13. The lowest BCUT2D eigenvalue weighted by Crippen LogP contribution is -2.45. The van der Waals surface area contributed by atoms with E-state index in [1.165, 1.54) is 45.3 Å². The first-order valence-corrected chi connectivity index (χ1v) is 7.70. The highest BCUT2D eigenvalue weighted by atomic mass is 15.1. The van der Waals surface area contributed by atoms with Crippen molar-refractivity contribution in [3.63, 3.8) is 0 Å². The maximum absolute atomic E-state index is 3.71. The van der Waals surface area contributed by atoms with Crippen molar-refractivity contribution < 1.29 is 0 Å². The number of hydrogen-bond acceptors (Lipinski definition) is 2. The van der Waals surface area contributed by atoms with Crippen LogP contribution in [-0.2, 0) is 0 Å². The Hall–Kier alpha value is -0.0800. The molecule has 1 saturated carbocycles. The second-order valence-electron chi connectivity index (χ2n) is 5.50. The largest absolute Gasteiger partial charge is 0.314 e. The predicted molar refractivity (Wildman–Crippen MR) is 76.4 cm³/mol. The van der Waals surface area contributed by atoms with Crippen LogP contribution in [0.4, 0.5) is 0 Å². The molecule has 2 heteroatoms. The molecule has 0 aromatic carbocycles. The number of nitrogens with one attached hydrogen (secondary N) is 1. The Bertz CT molecular complexity index is 189. The lowest BCUT2D eigenvalue weighted by molar-refractivity contribution is 0.145. The molecule has 1 N–H and O–H groups in total. The van der Waals surface area contributed by atoms with Crippen molar-refractivity contribution in [2.24, 2.45) is 11.8 Å². The zero-order chi connectivity index (χ0) is 12.7. The standard InChI is InChI=1S/C15H32N2/c1-5-13-9-10-15(16-6-2)14(11-13)12-17(7-3)8-4/h13-16H,5-12H2,1-4H3. The molecule has 0 spiro atoms. The van der Waals surface area contributed by atoms with Crippen molar-refractivity contribution in [3.05, 3.63) is 0 Å². The highest BCUT2D eigenvalue weighted by molar-refractivity contribution is 4.86. The van der Waals surface area contributed by atoms with Gasteiger partial charge in [0.05, 0.1) is 0 Å². The molecule has 17 heavy (non-hydrogen) atoms. The van der Waals surface area contributed by atoms with Crippen LogP contribution >= 0.6 is 0 Å². The summed E-state index contributed by atoms with van der Waals surface area (Å²) < 4.78 is 0. The molecule has 2 nitrogen and oxygen atoms in total. The van der Waals surface area contributed by atoms with Crippen molar-refractivity contribution >= 4 is 0 Å². The SMILES string of the molecule is CCNC1CCC(CC)CC1CN(CC)CC. The van der Waals surface area contributed by atoms with Crippen LogP contribution in [0.5, 0.6) is 0 Å². The van der Waals surface area contributed by atoms with Gasteiger partial charge in [0.1, 0.15) is 0 Å². The fraction of sp³-hybridized carbons (Fsp3) is 1.00. The van der Waals surface area contributed by atoms with Crippen molar-refractivity contribution in [2.75, 3.05) is 26.2 Å². The van der Waals surface area contributed by atoms with Crippen molar-refractivity contribution in [1.82, 2.24) is 10.2 Å². The minimum Gasteiger partial charge on any atom is -0.314 e. The molecule has 3 atom stereocenters. The van der Waals surface area contributed by atoms with Gasteiger partial charge in [0.2, 0.25) is 0 Å². The summed E-state index contributed by atoms with van der Waals surface area (Å²) >= 11 is 0. The van der Waals surface area contributed by atoms with Crippen LogP contribution in [0, 0.1) is 11.8 Å². The van der Waals surface area contributed by atoms with E-state index in [4.69, 9.17) is 0 Å². The van der Waals surface area contributed by atoms with E-state index in [1.807, 2.05) is 0 Å². The molecule has 0 saturated heterocycles. The third-order valence-corrected chi connectivity index (χ3v) is 4.52. The summed E-state index contributed by atoms with van der Waals surface area (Å²) in [6.45, 7) is 14.0. The van der Waals surface area contributed by atoms with Gasteiger partial charge in [-0.05, 0) is 50.7 Å². The Labute approximate surface area is 108 Å². The summed E-state index contributed by atoms with van der Waals surface area (Å²) in [7, 11) is 0. The van der Waals surface area contributed by atoms with Crippen molar-refractivity contribution in [1.29, 1.82) is 0 Å². The molecular weight excluding hydrogens is 208 g/mol. The number of rotatable bonds is 7. The average Bonchev–Trinajstić information content (AvgIpc) is 2.37. The van der Waals surface area contributed by atoms with Crippen LogP contribution in [0.15, 0.2) is 0 Å². The first-order valence-electron chi connectivity index (χ1n) is 7.70. The van der Waals surface area contributed by atoms with E-state index < -0.39 is 0 Å². The minimum absolute atomic E-state index is 0.767. The first-order chi connectivity index (χ1) is 8.24. The summed E-state index contributed by atoms with van der Waals surface area (Å²) in [5.41, 5.74) is 0. The molecule has 0 radical (unpaired) electrons. The monoisotopic (exact) mass is 240 g/mol. The van der Waals surface area contributed by atoms with Gasteiger partial charge in [-0.3, -0.25) is 0 Å². The lowest BCUT2D eigenvalue weighted by atomic mass is 9.76. The van der Waals surface area contributed by atoms with Gasteiger partial charge in [0.15, 0.2) is 0 Å². The maximum Gasteiger partial charge on any atom is 0.0108 e. The molecule has 1 fully saturated rings. The molecular formula is C15H32N2. The molecule has 1 rings (SSSR count). The second-order valence-corrected chi connectivity index (χ2v) is 5.50. The van der Waals surface area contributed by atoms with Crippen LogP contribution in [0.2, 0.25) is 0 Å². The van der Waals surface area contributed by atoms with E-state index in [1.54, 1.807) is 0 Å². The highest BCUT2D eigenvalue weighted by Gasteiger charge is 2.29. The van der Waals surface area contributed by atoms with Crippen LogP contribution in [0.1, 0.15) is 53.4 Å². The van der Waals surface area contributed by atoms with E-state index in [0.717, 1.165) is 24.4 Å². The van der Waals surface area contributed by atoms with Gasteiger partial charge in [-0.2, -0.15) is 0 Å². The molecule has 102 valence electrons. The Morgan fingerprint density at radius 2 is 1.76 bits per heavy atom. The molecule has 3 unspecified atom stereocenters. The molecule has 0 aliphatic heterocycles. The van der Waals surface area contributed by atoms with Crippen LogP contribution in [0.3, 0.4) is 0 Å². The fourth-order valence-corrected chi connectivity index (χ4v) is 3.28. The first kappa shape index (κ1) is 15.0. The van der Waals surface area contributed by atoms with Gasteiger partial charge in [-0.25, -0.2) is 0 Å². The Kier molecular flexibility index (Phi) is 7.14. The van der Waals surface area contributed by atoms with Gasteiger partial charge in [0, 0.05) is 12.6 Å². The number of nitrogens with zero attached hydrogens (tertiary/aromatic N) is 1. The smallest absolute Gasteiger partial charge is 0.0108 e. The molecule has 0 aromatic heterocycles. The summed E-state index contributed by atoms with van der Waals surface area (Å²) in [6, 6.07) is 0.767. The van der Waals surface area contributed by atoms with Crippen molar-refractivity contribution in [2.45, 2.75) is 59.4 Å². The Balaban J connectivity index is 2.53. The molecule has 0 aromatic rings. The van der Waals surface area contributed by atoms with E-state index in [0.29, 0.717) is 0 Å². The summed E-state index contributed by atoms with van der Waals surface area (Å²) in [4.78, 5) is 2.59. The third kappa shape index (κ3) is 4.59. The molecule has 0 bridgehead atoms. The summed E-state index contributed by atoms with van der Waals surface area (Å²) in [5.74, 6) is 1.85. The summed E-state index contributed by atoms with van der Waals surface area (Å²) in [5, 5.41) is 3.71.